The van der Waals surface area contributed by atoms with E-state index < -0.39 is 0 Å². The zero-order valence-corrected chi connectivity index (χ0v) is 12.8. The Morgan fingerprint density at radius 1 is 1.41 bits per heavy atom. The van der Waals surface area contributed by atoms with E-state index in [-0.39, 0.29) is 17.0 Å². The third-order valence-corrected chi connectivity index (χ3v) is 4.40. The Morgan fingerprint density at radius 2 is 2.23 bits per heavy atom. The maximum Gasteiger partial charge on any atom is 0.261 e. The molecule has 5 nitrogen and oxygen atoms in total. The molecule has 1 saturated heterocycles. The van der Waals surface area contributed by atoms with Crippen molar-refractivity contribution in [1.82, 2.24) is 15.2 Å². The number of likely N-dealkylation sites (N-methyl/N-ethyl adjacent to an activating group) is 1. The average molecular weight is 299 g/mol. The van der Waals surface area contributed by atoms with E-state index in [2.05, 4.69) is 22.1 Å². The van der Waals surface area contributed by atoms with Gasteiger partial charge in [0.2, 0.25) is 0 Å². The molecule has 1 atom stereocenters. The molecule has 2 aromatic rings. The lowest BCUT2D eigenvalue weighted by Crippen LogP contribution is -2.41. The number of para-hydroxylation sites is 1. The summed E-state index contributed by atoms with van der Waals surface area (Å²) in [6.07, 6.45) is 2.27. The number of aromatic nitrogens is 1. The Balaban J connectivity index is 1.75. The summed E-state index contributed by atoms with van der Waals surface area (Å²) < 4.78 is 0. The van der Waals surface area contributed by atoms with Gasteiger partial charge < -0.3 is 10.3 Å². The number of fused-ring (bicyclic) bond motifs is 1. The third-order valence-electron chi connectivity index (χ3n) is 4.40. The maximum atomic E-state index is 12.3. The molecule has 5 heteroatoms. The van der Waals surface area contributed by atoms with E-state index in [4.69, 9.17) is 0 Å². The quantitative estimate of drug-likeness (QED) is 0.904. The van der Waals surface area contributed by atoms with Crippen molar-refractivity contribution < 1.29 is 4.79 Å². The lowest BCUT2D eigenvalue weighted by Gasteiger charge is -2.22. The number of aromatic amines is 1. The van der Waals surface area contributed by atoms with Gasteiger partial charge in [-0.25, -0.2) is 0 Å². The van der Waals surface area contributed by atoms with Gasteiger partial charge in [0, 0.05) is 18.1 Å². The lowest BCUT2D eigenvalue weighted by atomic mass is 10.1. The molecule has 1 fully saturated rings. The molecule has 2 heterocycles. The predicted molar refractivity (Wildman–Crippen MR) is 87.2 cm³/mol. The number of nitrogens with zero attached hydrogens (tertiary/aromatic N) is 1. The van der Waals surface area contributed by atoms with Gasteiger partial charge >= 0.3 is 0 Å². The van der Waals surface area contributed by atoms with E-state index in [0.717, 1.165) is 30.4 Å². The zero-order valence-electron chi connectivity index (χ0n) is 12.8. The monoisotopic (exact) mass is 299 g/mol. The van der Waals surface area contributed by atoms with Crippen molar-refractivity contribution in [3.8, 4) is 0 Å². The second-order valence-corrected chi connectivity index (χ2v) is 5.73. The highest BCUT2D eigenvalue weighted by atomic mass is 16.2. The van der Waals surface area contributed by atoms with E-state index in [9.17, 15) is 9.59 Å². The van der Waals surface area contributed by atoms with E-state index in [1.807, 2.05) is 24.3 Å². The fourth-order valence-corrected chi connectivity index (χ4v) is 3.16. The van der Waals surface area contributed by atoms with Crippen molar-refractivity contribution in [2.45, 2.75) is 25.8 Å². The highest BCUT2D eigenvalue weighted by Crippen LogP contribution is 2.16. The molecule has 0 saturated carbocycles. The highest BCUT2D eigenvalue weighted by Gasteiger charge is 2.23. The first-order valence-corrected chi connectivity index (χ1v) is 7.83. The third kappa shape index (κ3) is 2.90. The molecule has 0 bridgehead atoms. The minimum atomic E-state index is -0.338. The van der Waals surface area contributed by atoms with Crippen LogP contribution >= 0.6 is 0 Å². The van der Waals surface area contributed by atoms with Crippen LogP contribution in [0.25, 0.3) is 10.9 Å². The van der Waals surface area contributed by atoms with Crippen molar-refractivity contribution >= 4 is 16.8 Å². The van der Waals surface area contributed by atoms with Crippen molar-refractivity contribution in [3.05, 3.63) is 46.2 Å². The molecule has 1 aromatic heterocycles. The normalized spacial score (nSPS) is 18.7. The second kappa shape index (κ2) is 6.32. The number of H-pyrrole nitrogens is 1. The summed E-state index contributed by atoms with van der Waals surface area (Å²) in [6.45, 7) is 4.82. The Kier molecular flexibility index (Phi) is 4.24. The molecule has 2 N–H and O–H groups in total. The summed E-state index contributed by atoms with van der Waals surface area (Å²) in [7, 11) is 0. The van der Waals surface area contributed by atoms with E-state index in [0.29, 0.717) is 12.6 Å². The van der Waals surface area contributed by atoms with Crippen molar-refractivity contribution in [2.24, 2.45) is 0 Å². The van der Waals surface area contributed by atoms with Crippen molar-refractivity contribution in [3.63, 3.8) is 0 Å². The predicted octanol–water partition coefficient (Wildman–Crippen LogP) is 1.74. The fraction of sp³-hybridized carbons (Fsp3) is 0.412. The number of carbonyl (C=O) groups excluding carboxylic acids is 1. The number of likely N-dealkylation sites (tertiary alicyclic amines) is 1. The first kappa shape index (κ1) is 14.8. The highest BCUT2D eigenvalue weighted by molar-refractivity contribution is 5.97. The van der Waals surface area contributed by atoms with Crippen LogP contribution in [0.2, 0.25) is 0 Å². The Morgan fingerprint density at radius 3 is 3.05 bits per heavy atom. The number of carbonyl (C=O) groups is 1. The number of amides is 1. The van der Waals surface area contributed by atoms with Crippen molar-refractivity contribution in [1.29, 1.82) is 0 Å². The van der Waals surface area contributed by atoms with Gasteiger partial charge in [-0.15, -0.1) is 0 Å². The van der Waals surface area contributed by atoms with Crippen LogP contribution in [0.5, 0.6) is 0 Å². The van der Waals surface area contributed by atoms with Crippen LogP contribution < -0.4 is 10.9 Å². The van der Waals surface area contributed by atoms with Gasteiger partial charge in [-0.2, -0.15) is 0 Å². The van der Waals surface area contributed by atoms with Gasteiger partial charge in [-0.3, -0.25) is 14.5 Å². The molecule has 3 rings (SSSR count). The van der Waals surface area contributed by atoms with E-state index in [1.165, 1.54) is 6.42 Å². The first-order valence-electron chi connectivity index (χ1n) is 7.83. The van der Waals surface area contributed by atoms with Crippen LogP contribution in [-0.2, 0) is 0 Å². The van der Waals surface area contributed by atoms with Gasteiger partial charge in [0.1, 0.15) is 5.56 Å². The zero-order chi connectivity index (χ0) is 15.5. The summed E-state index contributed by atoms with van der Waals surface area (Å²) in [5, 5.41) is 3.77. The number of hydrogen-bond donors (Lipinski definition) is 2. The molecule has 1 aliphatic rings. The standard InChI is InChI=1S/C17H21N3O2/c1-2-20-9-5-7-13(20)11-18-16(21)14-10-12-6-3-4-8-15(12)19-17(14)22/h3-4,6,8,10,13H,2,5,7,9,11H2,1H3,(H,18,21)(H,19,22)/t13-/m0/s1. The fourth-order valence-electron chi connectivity index (χ4n) is 3.16. The molecule has 1 aromatic carbocycles. The lowest BCUT2D eigenvalue weighted by molar-refractivity contribution is 0.0940. The minimum absolute atomic E-state index is 0.180. The van der Waals surface area contributed by atoms with Crippen LogP contribution in [0.1, 0.15) is 30.1 Å². The summed E-state index contributed by atoms with van der Waals surface area (Å²) in [6, 6.07) is 9.51. The number of nitrogens with one attached hydrogen (secondary N) is 2. The Labute approximate surface area is 129 Å². The van der Waals surface area contributed by atoms with Crippen molar-refractivity contribution in [2.75, 3.05) is 19.6 Å². The number of hydrogen-bond acceptors (Lipinski definition) is 3. The van der Waals surface area contributed by atoms with E-state index in [1.54, 1.807) is 6.07 Å². The number of rotatable bonds is 4. The summed E-state index contributed by atoms with van der Waals surface area (Å²) in [5.41, 5.74) is 0.590. The SMILES string of the molecule is CCN1CCC[C@H]1CNC(=O)c1cc2ccccc2[nH]c1=O. The molecule has 0 unspecified atom stereocenters. The Hall–Kier alpha value is -2.14. The van der Waals surface area contributed by atoms with Gasteiger partial charge in [0.25, 0.3) is 11.5 Å². The second-order valence-electron chi connectivity index (χ2n) is 5.73. The smallest absolute Gasteiger partial charge is 0.261 e. The van der Waals surface area contributed by atoms with Gasteiger partial charge in [-0.05, 0) is 43.5 Å². The largest absolute Gasteiger partial charge is 0.350 e. The molecule has 0 radical (unpaired) electrons. The molecular weight excluding hydrogens is 278 g/mol. The molecule has 1 amide bonds. The van der Waals surface area contributed by atoms with Gasteiger partial charge in [-0.1, -0.05) is 25.1 Å². The molecule has 0 spiro atoms. The molecule has 0 aliphatic carbocycles. The molecule has 22 heavy (non-hydrogen) atoms. The van der Waals surface area contributed by atoms with Crippen LogP contribution in [0.15, 0.2) is 35.1 Å². The average Bonchev–Trinajstić information content (AvgIpc) is 2.99. The van der Waals surface area contributed by atoms with Crippen LogP contribution in [0.3, 0.4) is 0 Å². The Bertz CT molecular complexity index is 738. The maximum absolute atomic E-state index is 12.3. The molecule has 1 aliphatic heterocycles. The van der Waals surface area contributed by atoms with Crippen LogP contribution in [-0.4, -0.2) is 41.5 Å². The van der Waals surface area contributed by atoms with E-state index >= 15 is 0 Å². The topological polar surface area (TPSA) is 65.2 Å². The van der Waals surface area contributed by atoms with Gasteiger partial charge in [0.05, 0.1) is 0 Å². The minimum Gasteiger partial charge on any atom is -0.350 e. The van der Waals surface area contributed by atoms with Crippen LogP contribution in [0, 0.1) is 0 Å². The molecule has 116 valence electrons. The summed E-state index contributed by atoms with van der Waals surface area (Å²) in [4.78, 5) is 29.5. The van der Waals surface area contributed by atoms with Gasteiger partial charge in [0.15, 0.2) is 0 Å². The number of pyridine rings is 1. The van der Waals surface area contributed by atoms with Crippen LogP contribution in [0.4, 0.5) is 0 Å². The summed E-state index contributed by atoms with van der Waals surface area (Å²) in [5.74, 6) is -0.296. The first-order chi connectivity index (χ1) is 10.7. The number of benzene rings is 1. The summed E-state index contributed by atoms with van der Waals surface area (Å²) >= 11 is 0. The molecular formula is C17H21N3O2.